The average molecular weight is 286 g/mol. The number of hydrogen-bond donors (Lipinski definition) is 3. The first kappa shape index (κ1) is 15.2. The van der Waals surface area contributed by atoms with Gasteiger partial charge in [-0.2, -0.15) is 0 Å². The van der Waals surface area contributed by atoms with E-state index in [4.69, 9.17) is 28.2 Å². The van der Waals surface area contributed by atoms with Gasteiger partial charge in [-0.1, -0.05) is 18.3 Å². The van der Waals surface area contributed by atoms with Crippen molar-refractivity contribution in [3.8, 4) is 0 Å². The van der Waals surface area contributed by atoms with Gasteiger partial charge in [-0.3, -0.25) is 0 Å². The van der Waals surface area contributed by atoms with Crippen LogP contribution in [0.25, 0.3) is 0 Å². The third-order valence-corrected chi connectivity index (χ3v) is 3.54. The zero-order valence-corrected chi connectivity index (χ0v) is 11.9. The first-order valence-corrected chi connectivity index (χ1v) is 7.22. The number of thiocarbonyl (C=S) groups is 1. The van der Waals surface area contributed by atoms with Gasteiger partial charge in [-0.05, 0) is 18.4 Å². The molecule has 0 saturated carbocycles. The van der Waals surface area contributed by atoms with E-state index in [-0.39, 0.29) is 13.2 Å². The molecular formula is C12H18N2O2S2. The second kappa shape index (κ2) is 7.58. The smallest absolute Gasteiger partial charge is 0.107 e. The predicted octanol–water partition coefficient (Wildman–Crippen LogP) is 0.834. The van der Waals surface area contributed by atoms with Crippen molar-refractivity contribution >= 4 is 34.7 Å². The Balaban J connectivity index is 3.23. The minimum atomic E-state index is 0.0142. The third kappa shape index (κ3) is 3.58. The van der Waals surface area contributed by atoms with E-state index in [2.05, 4.69) is 0 Å². The van der Waals surface area contributed by atoms with E-state index in [0.717, 1.165) is 16.1 Å². The lowest BCUT2D eigenvalue weighted by molar-refractivity contribution is 0.281. The SMILES string of the molecule is CSc1cccc(N(CCO)CCO)c1C(N)=S. The highest BCUT2D eigenvalue weighted by molar-refractivity contribution is 7.98. The molecule has 0 bridgehead atoms. The summed E-state index contributed by atoms with van der Waals surface area (Å²) in [4.78, 5) is 3.21. The van der Waals surface area contributed by atoms with Gasteiger partial charge in [0.25, 0.3) is 0 Å². The van der Waals surface area contributed by atoms with Crippen molar-refractivity contribution in [1.29, 1.82) is 0 Å². The Kier molecular flexibility index (Phi) is 6.42. The van der Waals surface area contributed by atoms with Crippen molar-refractivity contribution in [2.24, 2.45) is 5.73 Å². The number of aliphatic hydroxyl groups excluding tert-OH is 2. The molecule has 0 fully saturated rings. The van der Waals surface area contributed by atoms with Crippen LogP contribution in [0, 0.1) is 0 Å². The minimum Gasteiger partial charge on any atom is -0.395 e. The fraction of sp³-hybridized carbons (Fsp3) is 0.417. The molecule has 0 aromatic heterocycles. The zero-order valence-electron chi connectivity index (χ0n) is 10.3. The number of nitrogens with zero attached hydrogens (tertiary/aromatic N) is 1. The van der Waals surface area contributed by atoms with E-state index >= 15 is 0 Å². The van der Waals surface area contributed by atoms with Gasteiger partial charge < -0.3 is 20.8 Å². The molecule has 0 unspecified atom stereocenters. The van der Waals surface area contributed by atoms with E-state index in [9.17, 15) is 0 Å². The van der Waals surface area contributed by atoms with Gasteiger partial charge in [0.2, 0.25) is 0 Å². The third-order valence-electron chi connectivity index (χ3n) is 2.55. The van der Waals surface area contributed by atoms with Crippen LogP contribution in [0.5, 0.6) is 0 Å². The highest BCUT2D eigenvalue weighted by atomic mass is 32.2. The maximum Gasteiger partial charge on any atom is 0.107 e. The van der Waals surface area contributed by atoms with Crippen molar-refractivity contribution in [3.05, 3.63) is 23.8 Å². The molecule has 0 amide bonds. The Morgan fingerprint density at radius 1 is 1.33 bits per heavy atom. The van der Waals surface area contributed by atoms with Crippen LogP contribution in [-0.2, 0) is 0 Å². The Morgan fingerprint density at radius 3 is 2.39 bits per heavy atom. The van der Waals surface area contributed by atoms with E-state index in [1.165, 1.54) is 0 Å². The summed E-state index contributed by atoms with van der Waals surface area (Å²) in [6.45, 7) is 0.905. The number of nitrogens with two attached hydrogens (primary N) is 1. The Morgan fingerprint density at radius 2 is 1.94 bits per heavy atom. The lowest BCUT2D eigenvalue weighted by Gasteiger charge is -2.26. The molecule has 4 N–H and O–H groups in total. The summed E-state index contributed by atoms with van der Waals surface area (Å²) in [5.74, 6) is 0. The van der Waals surface area contributed by atoms with Gasteiger partial charge in [0, 0.05) is 29.2 Å². The second-order valence-electron chi connectivity index (χ2n) is 3.65. The van der Waals surface area contributed by atoms with Gasteiger partial charge in [0.15, 0.2) is 0 Å². The number of benzene rings is 1. The summed E-state index contributed by atoms with van der Waals surface area (Å²) in [7, 11) is 0. The highest BCUT2D eigenvalue weighted by Crippen LogP contribution is 2.29. The van der Waals surface area contributed by atoms with Crippen LogP contribution in [0.4, 0.5) is 5.69 Å². The van der Waals surface area contributed by atoms with Crippen molar-refractivity contribution in [1.82, 2.24) is 0 Å². The number of thioether (sulfide) groups is 1. The summed E-state index contributed by atoms with van der Waals surface area (Å²) in [6, 6.07) is 5.78. The number of aliphatic hydroxyl groups is 2. The molecule has 0 aliphatic carbocycles. The standard InChI is InChI=1S/C12H18N2O2S2/c1-18-10-4-2-3-9(11(10)12(13)17)14(5-7-15)6-8-16/h2-4,15-16H,5-8H2,1H3,(H2,13,17). The Hall–Kier alpha value is -0.820. The zero-order chi connectivity index (χ0) is 13.5. The van der Waals surface area contributed by atoms with Gasteiger partial charge in [-0.15, -0.1) is 11.8 Å². The van der Waals surface area contributed by atoms with Crippen LogP contribution < -0.4 is 10.6 Å². The van der Waals surface area contributed by atoms with E-state index < -0.39 is 0 Å². The summed E-state index contributed by atoms with van der Waals surface area (Å²) in [5, 5.41) is 18.2. The molecule has 0 spiro atoms. The van der Waals surface area contributed by atoms with Gasteiger partial charge >= 0.3 is 0 Å². The second-order valence-corrected chi connectivity index (χ2v) is 4.94. The van der Waals surface area contributed by atoms with Crippen LogP contribution in [0.2, 0.25) is 0 Å². The molecular weight excluding hydrogens is 268 g/mol. The normalized spacial score (nSPS) is 10.4. The van der Waals surface area contributed by atoms with Crippen LogP contribution in [0.15, 0.2) is 23.1 Å². The topological polar surface area (TPSA) is 69.7 Å². The maximum atomic E-state index is 9.09. The molecule has 0 saturated heterocycles. The fourth-order valence-corrected chi connectivity index (χ4v) is 2.71. The van der Waals surface area contributed by atoms with E-state index in [1.807, 2.05) is 29.4 Å². The molecule has 4 nitrogen and oxygen atoms in total. The van der Waals surface area contributed by atoms with Crippen molar-refractivity contribution in [2.45, 2.75) is 4.90 Å². The molecule has 0 aliphatic heterocycles. The van der Waals surface area contributed by atoms with Crippen molar-refractivity contribution in [2.75, 3.05) is 37.5 Å². The Bertz CT molecular complexity index is 407. The molecule has 0 aliphatic rings. The molecule has 0 radical (unpaired) electrons. The van der Waals surface area contributed by atoms with Gasteiger partial charge in [0.05, 0.1) is 13.2 Å². The molecule has 1 aromatic rings. The lowest BCUT2D eigenvalue weighted by atomic mass is 10.1. The minimum absolute atomic E-state index is 0.0142. The maximum absolute atomic E-state index is 9.09. The molecule has 1 rings (SSSR count). The van der Waals surface area contributed by atoms with Crippen molar-refractivity contribution < 1.29 is 10.2 Å². The van der Waals surface area contributed by atoms with E-state index in [0.29, 0.717) is 18.1 Å². The largest absolute Gasteiger partial charge is 0.395 e. The fourth-order valence-electron chi connectivity index (χ4n) is 1.79. The van der Waals surface area contributed by atoms with E-state index in [1.54, 1.807) is 11.8 Å². The quantitative estimate of drug-likeness (QED) is 0.509. The average Bonchev–Trinajstić information content (AvgIpc) is 2.37. The molecule has 0 heterocycles. The molecule has 1 aromatic carbocycles. The Labute approximate surface area is 117 Å². The van der Waals surface area contributed by atoms with Gasteiger partial charge in [-0.25, -0.2) is 0 Å². The summed E-state index contributed by atoms with van der Waals surface area (Å²) in [6.07, 6.45) is 1.96. The summed E-state index contributed by atoms with van der Waals surface area (Å²) in [5.41, 5.74) is 7.45. The predicted molar refractivity (Wildman–Crippen MR) is 80.5 cm³/mol. The number of anilines is 1. The summed E-state index contributed by atoms with van der Waals surface area (Å²) >= 11 is 6.68. The molecule has 6 heteroatoms. The lowest BCUT2D eigenvalue weighted by Crippen LogP contribution is -2.32. The summed E-state index contributed by atoms with van der Waals surface area (Å²) < 4.78 is 0. The molecule has 18 heavy (non-hydrogen) atoms. The van der Waals surface area contributed by atoms with Crippen LogP contribution >= 0.6 is 24.0 Å². The molecule has 100 valence electrons. The van der Waals surface area contributed by atoms with Crippen LogP contribution in [-0.4, -0.2) is 47.8 Å². The first-order valence-electron chi connectivity index (χ1n) is 5.59. The first-order chi connectivity index (χ1) is 8.65. The van der Waals surface area contributed by atoms with Crippen LogP contribution in [0.1, 0.15) is 5.56 Å². The van der Waals surface area contributed by atoms with Gasteiger partial charge in [0.1, 0.15) is 4.99 Å². The van der Waals surface area contributed by atoms with Crippen molar-refractivity contribution in [3.63, 3.8) is 0 Å². The number of hydrogen-bond acceptors (Lipinski definition) is 5. The molecule has 0 atom stereocenters. The monoisotopic (exact) mass is 286 g/mol. The number of rotatable bonds is 7. The van der Waals surface area contributed by atoms with Crippen LogP contribution in [0.3, 0.4) is 0 Å². The highest BCUT2D eigenvalue weighted by Gasteiger charge is 2.15.